The Morgan fingerprint density at radius 1 is 1.00 bits per heavy atom. The zero-order valence-electron chi connectivity index (χ0n) is 18.1. The van der Waals surface area contributed by atoms with E-state index in [2.05, 4.69) is 10.5 Å². The summed E-state index contributed by atoms with van der Waals surface area (Å²) >= 11 is 1.52. The Hall–Kier alpha value is -3.10. The number of hydrogen-bond donors (Lipinski definition) is 1. The van der Waals surface area contributed by atoms with E-state index in [4.69, 9.17) is 0 Å². The molecule has 1 N–H and O–H groups in total. The summed E-state index contributed by atoms with van der Waals surface area (Å²) in [6.45, 7) is 3.48. The molecule has 0 unspecified atom stereocenters. The highest BCUT2D eigenvalue weighted by atomic mass is 32.2. The van der Waals surface area contributed by atoms with E-state index in [0.717, 1.165) is 25.9 Å². The van der Waals surface area contributed by atoms with Crippen molar-refractivity contribution in [2.45, 2.75) is 23.6 Å². The van der Waals surface area contributed by atoms with E-state index >= 15 is 0 Å². The molecule has 0 saturated carbocycles. The van der Waals surface area contributed by atoms with Crippen LogP contribution < -0.4 is 9.73 Å². The number of hydrazone groups is 1. The zero-order valence-corrected chi connectivity index (χ0v) is 19.8. The lowest BCUT2D eigenvalue weighted by Gasteiger charge is -2.24. The number of hydrogen-bond acceptors (Lipinski definition) is 5. The standard InChI is InChI=1S/C24H25N3O3S2/c1-18-7-9-21(10-8-18)27(32(29,30)23-13-11-22(31-3)12-14-23)17-24(28)26-25-16-20-6-4-5-19(2)15-20/h4-16H,17H2,1-3H3,(H,26,28)/b25-16-. The smallest absolute Gasteiger partial charge is 0.264 e. The number of nitrogens with zero attached hydrogens (tertiary/aromatic N) is 2. The van der Waals surface area contributed by atoms with E-state index in [9.17, 15) is 13.2 Å². The minimum Gasteiger partial charge on any atom is -0.271 e. The Labute approximate surface area is 193 Å². The van der Waals surface area contributed by atoms with Gasteiger partial charge in [0.1, 0.15) is 6.54 Å². The fraction of sp³-hybridized carbons (Fsp3) is 0.167. The lowest BCUT2D eigenvalue weighted by Crippen LogP contribution is -2.39. The average Bonchev–Trinajstić information content (AvgIpc) is 2.78. The fourth-order valence-corrected chi connectivity index (χ4v) is 4.83. The van der Waals surface area contributed by atoms with Crippen LogP contribution in [0.1, 0.15) is 16.7 Å². The molecule has 3 rings (SSSR count). The van der Waals surface area contributed by atoms with Gasteiger partial charge in [-0.3, -0.25) is 9.10 Å². The maximum Gasteiger partial charge on any atom is 0.264 e. The molecule has 3 aromatic rings. The number of anilines is 1. The zero-order chi connectivity index (χ0) is 23.1. The van der Waals surface area contributed by atoms with E-state index in [1.54, 1.807) is 36.4 Å². The van der Waals surface area contributed by atoms with Gasteiger partial charge in [-0.2, -0.15) is 5.10 Å². The molecule has 0 aromatic heterocycles. The topological polar surface area (TPSA) is 78.8 Å². The summed E-state index contributed by atoms with van der Waals surface area (Å²) < 4.78 is 27.9. The van der Waals surface area contributed by atoms with E-state index in [1.165, 1.54) is 18.0 Å². The van der Waals surface area contributed by atoms with Gasteiger partial charge in [0.25, 0.3) is 15.9 Å². The first-order chi connectivity index (χ1) is 15.3. The van der Waals surface area contributed by atoms with Gasteiger partial charge in [-0.05, 0) is 62.1 Å². The van der Waals surface area contributed by atoms with Gasteiger partial charge in [-0.1, -0.05) is 47.5 Å². The maximum atomic E-state index is 13.4. The molecule has 0 spiro atoms. The molecule has 0 bridgehead atoms. The van der Waals surface area contributed by atoms with Crippen LogP contribution in [0.15, 0.2) is 87.7 Å². The molecule has 0 atom stereocenters. The third-order valence-corrected chi connectivity index (χ3v) is 7.23. The van der Waals surface area contributed by atoms with Crippen LogP contribution in [-0.2, 0) is 14.8 Å². The van der Waals surface area contributed by atoms with Gasteiger partial charge in [0, 0.05) is 4.90 Å². The molecule has 3 aromatic carbocycles. The summed E-state index contributed by atoms with van der Waals surface area (Å²) in [7, 11) is -3.96. The molecule has 6 nitrogen and oxygen atoms in total. The van der Waals surface area contributed by atoms with E-state index < -0.39 is 22.5 Å². The molecule has 32 heavy (non-hydrogen) atoms. The number of carbonyl (C=O) groups excluding carboxylic acids is 1. The third kappa shape index (κ3) is 5.99. The summed E-state index contributed by atoms with van der Waals surface area (Å²) in [5, 5.41) is 3.97. The van der Waals surface area contributed by atoms with Crippen LogP contribution in [0.4, 0.5) is 5.69 Å². The quantitative estimate of drug-likeness (QED) is 0.303. The number of thioether (sulfide) groups is 1. The first kappa shape index (κ1) is 23.6. The van der Waals surface area contributed by atoms with Gasteiger partial charge in [-0.25, -0.2) is 13.8 Å². The van der Waals surface area contributed by atoms with Crippen molar-refractivity contribution < 1.29 is 13.2 Å². The molecule has 1 amide bonds. The van der Waals surface area contributed by atoms with Crippen molar-refractivity contribution in [3.8, 4) is 0 Å². The highest BCUT2D eigenvalue weighted by molar-refractivity contribution is 7.98. The van der Waals surface area contributed by atoms with Crippen molar-refractivity contribution in [2.24, 2.45) is 5.10 Å². The van der Waals surface area contributed by atoms with Crippen LogP contribution in [0.5, 0.6) is 0 Å². The van der Waals surface area contributed by atoms with Crippen LogP contribution in [0.2, 0.25) is 0 Å². The van der Waals surface area contributed by atoms with Crippen molar-refractivity contribution in [3.05, 3.63) is 89.5 Å². The van der Waals surface area contributed by atoms with Gasteiger partial charge >= 0.3 is 0 Å². The van der Waals surface area contributed by atoms with Crippen LogP contribution in [0.3, 0.4) is 0 Å². The molecule has 0 heterocycles. The number of carbonyl (C=O) groups is 1. The molecular formula is C24H25N3O3S2. The SMILES string of the molecule is CSc1ccc(S(=O)(=O)N(CC(=O)N/N=C\c2cccc(C)c2)c2ccc(C)cc2)cc1. The number of rotatable bonds is 8. The highest BCUT2D eigenvalue weighted by Crippen LogP contribution is 2.25. The second-order valence-corrected chi connectivity index (χ2v) is 9.97. The van der Waals surface area contributed by atoms with Gasteiger partial charge < -0.3 is 0 Å². The molecular weight excluding hydrogens is 442 g/mol. The van der Waals surface area contributed by atoms with Crippen LogP contribution in [0.25, 0.3) is 0 Å². The largest absolute Gasteiger partial charge is 0.271 e. The molecule has 166 valence electrons. The molecule has 0 fully saturated rings. The number of sulfonamides is 1. The summed E-state index contributed by atoms with van der Waals surface area (Å²) in [5.41, 5.74) is 5.73. The number of benzene rings is 3. The van der Waals surface area contributed by atoms with Crippen molar-refractivity contribution in [1.29, 1.82) is 0 Å². The Morgan fingerprint density at radius 3 is 2.31 bits per heavy atom. The van der Waals surface area contributed by atoms with Crippen LogP contribution in [0, 0.1) is 13.8 Å². The fourth-order valence-electron chi connectivity index (χ4n) is 3.00. The van der Waals surface area contributed by atoms with Gasteiger partial charge in [-0.15, -0.1) is 11.8 Å². The first-order valence-electron chi connectivity index (χ1n) is 9.91. The third-order valence-electron chi connectivity index (χ3n) is 4.70. The highest BCUT2D eigenvalue weighted by Gasteiger charge is 2.27. The predicted molar refractivity (Wildman–Crippen MR) is 131 cm³/mol. The van der Waals surface area contributed by atoms with Crippen LogP contribution >= 0.6 is 11.8 Å². The average molecular weight is 468 g/mol. The molecule has 0 aliphatic heterocycles. The van der Waals surface area contributed by atoms with Crippen LogP contribution in [-0.4, -0.2) is 33.3 Å². The van der Waals surface area contributed by atoms with E-state index in [0.29, 0.717) is 5.69 Å². The lowest BCUT2D eigenvalue weighted by molar-refractivity contribution is -0.119. The summed E-state index contributed by atoms with van der Waals surface area (Å²) in [4.78, 5) is 13.7. The molecule has 0 radical (unpaired) electrons. The minimum atomic E-state index is -3.96. The number of nitrogens with one attached hydrogen (secondary N) is 1. The van der Waals surface area contributed by atoms with E-state index in [-0.39, 0.29) is 4.90 Å². The normalized spacial score (nSPS) is 11.5. The summed E-state index contributed by atoms with van der Waals surface area (Å²) in [6.07, 6.45) is 3.44. The molecule has 0 saturated heterocycles. The molecule has 0 aliphatic rings. The Kier molecular flexibility index (Phi) is 7.71. The summed E-state index contributed by atoms with van der Waals surface area (Å²) in [5.74, 6) is -0.543. The van der Waals surface area contributed by atoms with Crippen molar-refractivity contribution in [1.82, 2.24) is 5.43 Å². The van der Waals surface area contributed by atoms with Crippen molar-refractivity contribution in [2.75, 3.05) is 17.1 Å². The Bertz CT molecular complexity index is 1210. The van der Waals surface area contributed by atoms with Gasteiger partial charge in [0.05, 0.1) is 16.8 Å². The second-order valence-electron chi connectivity index (χ2n) is 7.23. The number of aryl methyl sites for hydroxylation is 2. The van der Waals surface area contributed by atoms with Gasteiger partial charge in [0.15, 0.2) is 0 Å². The second kappa shape index (κ2) is 10.5. The number of amides is 1. The maximum absolute atomic E-state index is 13.4. The van der Waals surface area contributed by atoms with Crippen molar-refractivity contribution >= 4 is 39.6 Å². The van der Waals surface area contributed by atoms with Gasteiger partial charge in [0.2, 0.25) is 0 Å². The first-order valence-corrected chi connectivity index (χ1v) is 12.6. The predicted octanol–water partition coefficient (Wildman–Crippen LogP) is 4.37. The van der Waals surface area contributed by atoms with E-state index in [1.807, 2.05) is 56.5 Å². The molecule has 0 aliphatic carbocycles. The van der Waals surface area contributed by atoms with Crippen molar-refractivity contribution in [3.63, 3.8) is 0 Å². The Morgan fingerprint density at radius 2 is 1.69 bits per heavy atom. The Balaban J connectivity index is 1.84. The molecule has 8 heteroatoms. The monoisotopic (exact) mass is 467 g/mol. The lowest BCUT2D eigenvalue weighted by atomic mass is 10.2. The summed E-state index contributed by atoms with van der Waals surface area (Å²) in [6, 6.07) is 21.2. The minimum absolute atomic E-state index is 0.118.